The van der Waals surface area contributed by atoms with Gasteiger partial charge in [-0.05, 0) is 58.5 Å². The van der Waals surface area contributed by atoms with Crippen molar-refractivity contribution in [3.05, 3.63) is 0 Å². The van der Waals surface area contributed by atoms with Crippen LogP contribution in [-0.2, 0) is 0 Å². The van der Waals surface area contributed by atoms with E-state index in [9.17, 15) is 0 Å². The molecule has 0 aromatic rings. The Morgan fingerprint density at radius 3 is 2.56 bits per heavy atom. The minimum atomic E-state index is 0.444. The first kappa shape index (κ1) is 14.0. The van der Waals surface area contributed by atoms with E-state index in [1.165, 1.54) is 45.3 Å². The number of hydrogen-bond donors (Lipinski definition) is 1. The Hall–Kier alpha value is -0.0800. The Bertz CT molecular complexity index is 187. The molecule has 1 fully saturated rings. The number of rotatable bonds is 7. The molecule has 0 aliphatic carbocycles. The summed E-state index contributed by atoms with van der Waals surface area (Å²) in [6.07, 6.45) is 5.41. The summed E-state index contributed by atoms with van der Waals surface area (Å²) < 4.78 is 0. The van der Waals surface area contributed by atoms with Gasteiger partial charge in [0, 0.05) is 18.6 Å². The topological polar surface area (TPSA) is 15.3 Å². The van der Waals surface area contributed by atoms with Crippen molar-refractivity contribution < 1.29 is 0 Å². The zero-order valence-corrected chi connectivity index (χ0v) is 11.7. The molecule has 0 spiro atoms. The minimum Gasteiger partial charge on any atom is -0.315 e. The highest BCUT2D eigenvalue weighted by Gasteiger charge is 2.30. The van der Waals surface area contributed by atoms with Crippen molar-refractivity contribution in [2.75, 3.05) is 26.2 Å². The van der Waals surface area contributed by atoms with Crippen molar-refractivity contribution >= 4 is 0 Å². The molecule has 0 unspecified atom stereocenters. The summed E-state index contributed by atoms with van der Waals surface area (Å²) in [6, 6.07) is 0. The van der Waals surface area contributed by atoms with Gasteiger partial charge < -0.3 is 5.32 Å². The molecule has 16 heavy (non-hydrogen) atoms. The van der Waals surface area contributed by atoms with Crippen LogP contribution in [0.1, 0.15) is 53.4 Å². The average molecular weight is 226 g/mol. The molecule has 1 saturated heterocycles. The molecule has 2 nitrogen and oxygen atoms in total. The fourth-order valence-electron chi connectivity index (χ4n) is 2.55. The predicted molar refractivity (Wildman–Crippen MR) is 71.8 cm³/mol. The van der Waals surface area contributed by atoms with Gasteiger partial charge in [-0.1, -0.05) is 13.8 Å². The molecule has 2 heteroatoms. The van der Waals surface area contributed by atoms with Crippen molar-refractivity contribution in [2.24, 2.45) is 5.92 Å². The van der Waals surface area contributed by atoms with E-state index in [0.717, 1.165) is 12.5 Å². The van der Waals surface area contributed by atoms with E-state index in [1.807, 2.05) is 0 Å². The molecule has 0 radical (unpaired) electrons. The number of nitrogens with zero attached hydrogens (tertiary/aromatic N) is 1. The molecular formula is C14H30N2. The molecule has 1 heterocycles. The lowest BCUT2D eigenvalue weighted by Crippen LogP contribution is -2.42. The normalized spacial score (nSPS) is 20.8. The lowest BCUT2D eigenvalue weighted by Gasteiger charge is -2.31. The summed E-state index contributed by atoms with van der Waals surface area (Å²) >= 11 is 0. The van der Waals surface area contributed by atoms with Crippen LogP contribution in [0.25, 0.3) is 0 Å². The molecule has 1 N–H and O–H groups in total. The van der Waals surface area contributed by atoms with E-state index >= 15 is 0 Å². The van der Waals surface area contributed by atoms with Crippen LogP contribution in [0.2, 0.25) is 0 Å². The van der Waals surface area contributed by atoms with Gasteiger partial charge in [-0.3, -0.25) is 4.90 Å². The molecule has 0 atom stereocenters. The summed E-state index contributed by atoms with van der Waals surface area (Å²) in [5.41, 5.74) is 0.444. The molecular weight excluding hydrogens is 196 g/mol. The minimum absolute atomic E-state index is 0.444. The SMILES string of the molecule is CC(C)CCCNCCN1CCCC1(C)C. The van der Waals surface area contributed by atoms with Crippen LogP contribution in [0.3, 0.4) is 0 Å². The second-order valence-electron chi connectivity index (χ2n) is 6.19. The lowest BCUT2D eigenvalue weighted by atomic mass is 10.0. The Morgan fingerprint density at radius 1 is 1.25 bits per heavy atom. The van der Waals surface area contributed by atoms with Crippen molar-refractivity contribution in [3.8, 4) is 0 Å². The molecule has 96 valence electrons. The fourth-order valence-corrected chi connectivity index (χ4v) is 2.55. The predicted octanol–water partition coefficient (Wildman–Crippen LogP) is 2.89. The van der Waals surface area contributed by atoms with Gasteiger partial charge >= 0.3 is 0 Å². The van der Waals surface area contributed by atoms with E-state index in [2.05, 4.69) is 37.9 Å². The van der Waals surface area contributed by atoms with Crippen LogP contribution in [0.5, 0.6) is 0 Å². The summed E-state index contributed by atoms with van der Waals surface area (Å²) in [7, 11) is 0. The third-order valence-electron chi connectivity index (χ3n) is 3.77. The monoisotopic (exact) mass is 226 g/mol. The highest BCUT2D eigenvalue weighted by atomic mass is 15.2. The van der Waals surface area contributed by atoms with E-state index in [4.69, 9.17) is 0 Å². The van der Waals surface area contributed by atoms with Gasteiger partial charge in [-0.2, -0.15) is 0 Å². The number of hydrogen-bond acceptors (Lipinski definition) is 2. The Labute approximate surface area is 102 Å². The van der Waals surface area contributed by atoms with Gasteiger partial charge in [0.25, 0.3) is 0 Å². The molecule has 0 bridgehead atoms. The molecule has 0 amide bonds. The highest BCUT2D eigenvalue weighted by molar-refractivity contribution is 4.87. The molecule has 0 saturated carbocycles. The first-order valence-electron chi connectivity index (χ1n) is 6.98. The van der Waals surface area contributed by atoms with Crippen molar-refractivity contribution in [2.45, 2.75) is 58.9 Å². The molecule has 1 aliphatic rings. The van der Waals surface area contributed by atoms with Crippen LogP contribution in [-0.4, -0.2) is 36.6 Å². The molecule has 0 aromatic carbocycles. The van der Waals surface area contributed by atoms with Crippen molar-refractivity contribution in [1.82, 2.24) is 10.2 Å². The van der Waals surface area contributed by atoms with E-state index < -0.39 is 0 Å². The number of nitrogens with one attached hydrogen (secondary N) is 1. The van der Waals surface area contributed by atoms with Crippen molar-refractivity contribution in [3.63, 3.8) is 0 Å². The summed E-state index contributed by atoms with van der Waals surface area (Å²) in [5, 5.41) is 3.56. The Morgan fingerprint density at radius 2 is 2.00 bits per heavy atom. The van der Waals surface area contributed by atoms with Gasteiger partial charge in [0.2, 0.25) is 0 Å². The van der Waals surface area contributed by atoms with Crippen LogP contribution in [0, 0.1) is 5.92 Å². The first-order chi connectivity index (χ1) is 7.52. The second kappa shape index (κ2) is 6.61. The summed E-state index contributed by atoms with van der Waals surface area (Å²) in [4.78, 5) is 2.63. The standard InChI is InChI=1S/C14H30N2/c1-13(2)7-5-9-15-10-12-16-11-6-8-14(16,3)4/h13,15H,5-12H2,1-4H3. The average Bonchev–Trinajstić information content (AvgIpc) is 2.51. The smallest absolute Gasteiger partial charge is 0.0154 e. The Kier molecular flexibility index (Phi) is 5.77. The summed E-state index contributed by atoms with van der Waals surface area (Å²) in [5.74, 6) is 0.847. The van der Waals surface area contributed by atoms with Gasteiger partial charge in [0.05, 0.1) is 0 Å². The second-order valence-corrected chi connectivity index (χ2v) is 6.19. The van der Waals surface area contributed by atoms with E-state index in [0.29, 0.717) is 5.54 Å². The number of likely N-dealkylation sites (tertiary alicyclic amines) is 1. The van der Waals surface area contributed by atoms with Gasteiger partial charge in [-0.15, -0.1) is 0 Å². The zero-order chi connectivity index (χ0) is 12.0. The zero-order valence-electron chi connectivity index (χ0n) is 11.7. The van der Waals surface area contributed by atoms with E-state index in [1.54, 1.807) is 0 Å². The maximum absolute atomic E-state index is 3.56. The highest BCUT2D eigenvalue weighted by Crippen LogP contribution is 2.27. The fraction of sp³-hybridized carbons (Fsp3) is 1.00. The third-order valence-corrected chi connectivity index (χ3v) is 3.77. The summed E-state index contributed by atoms with van der Waals surface area (Å²) in [6.45, 7) is 14.2. The third kappa shape index (κ3) is 4.84. The van der Waals surface area contributed by atoms with Crippen LogP contribution >= 0.6 is 0 Å². The molecule has 1 rings (SSSR count). The van der Waals surface area contributed by atoms with Crippen LogP contribution in [0.4, 0.5) is 0 Å². The molecule has 1 aliphatic heterocycles. The first-order valence-corrected chi connectivity index (χ1v) is 6.98. The van der Waals surface area contributed by atoms with Crippen molar-refractivity contribution in [1.29, 1.82) is 0 Å². The largest absolute Gasteiger partial charge is 0.315 e. The van der Waals surface area contributed by atoms with Crippen LogP contribution in [0.15, 0.2) is 0 Å². The van der Waals surface area contributed by atoms with Gasteiger partial charge in [-0.25, -0.2) is 0 Å². The lowest BCUT2D eigenvalue weighted by molar-refractivity contribution is 0.176. The Balaban J connectivity index is 1.99. The van der Waals surface area contributed by atoms with Gasteiger partial charge in [0.1, 0.15) is 0 Å². The maximum Gasteiger partial charge on any atom is 0.0154 e. The van der Waals surface area contributed by atoms with E-state index in [-0.39, 0.29) is 0 Å². The molecule has 0 aromatic heterocycles. The van der Waals surface area contributed by atoms with Crippen LogP contribution < -0.4 is 5.32 Å². The van der Waals surface area contributed by atoms with Gasteiger partial charge in [0.15, 0.2) is 0 Å². The quantitative estimate of drug-likeness (QED) is 0.672. The maximum atomic E-state index is 3.56.